The molecule has 0 fully saturated rings. The molecule has 2 N–H and O–H groups in total. The van der Waals surface area contributed by atoms with Crippen molar-refractivity contribution in [2.45, 2.75) is 26.2 Å². The van der Waals surface area contributed by atoms with Crippen molar-refractivity contribution < 1.29 is 4.79 Å². The van der Waals surface area contributed by atoms with E-state index in [0.717, 1.165) is 5.56 Å². The summed E-state index contributed by atoms with van der Waals surface area (Å²) in [5, 5.41) is 23.2. The quantitative estimate of drug-likeness (QED) is 0.795. The van der Waals surface area contributed by atoms with Crippen LogP contribution in [0.4, 0.5) is 11.4 Å². The molecule has 0 aromatic heterocycles. The molecule has 0 saturated heterocycles. The average molecular weight is 344 g/mol. The number of carbonyl (C=O) groups excluding carboxylic acids is 1. The smallest absolute Gasteiger partial charge is 0.255 e. The summed E-state index contributed by atoms with van der Waals surface area (Å²) in [6, 6.07) is 18.1. The Morgan fingerprint density at radius 1 is 1.00 bits per heavy atom. The number of benzene rings is 2. The highest BCUT2D eigenvalue weighted by Crippen LogP contribution is 2.23. The van der Waals surface area contributed by atoms with E-state index in [0.29, 0.717) is 16.9 Å². The van der Waals surface area contributed by atoms with Gasteiger partial charge in [-0.3, -0.25) is 4.79 Å². The molecule has 0 heterocycles. The van der Waals surface area contributed by atoms with E-state index in [2.05, 4.69) is 31.4 Å². The summed E-state index contributed by atoms with van der Waals surface area (Å²) in [5.41, 5.74) is 3.02. The highest BCUT2D eigenvalue weighted by molar-refractivity contribution is 6.04. The van der Waals surface area contributed by atoms with E-state index in [1.54, 1.807) is 36.4 Å². The topological polar surface area (TPSA) is 88.7 Å². The first-order valence-corrected chi connectivity index (χ1v) is 8.12. The van der Waals surface area contributed by atoms with E-state index in [9.17, 15) is 4.79 Å². The zero-order valence-corrected chi connectivity index (χ0v) is 15.0. The van der Waals surface area contributed by atoms with Crippen LogP contribution in [-0.4, -0.2) is 5.91 Å². The average Bonchev–Trinajstić information content (AvgIpc) is 2.62. The van der Waals surface area contributed by atoms with Gasteiger partial charge in [0.25, 0.3) is 5.91 Å². The Morgan fingerprint density at radius 3 is 2.19 bits per heavy atom. The fraction of sp³-hybridized carbons (Fsp3) is 0.190. The Kier molecular flexibility index (Phi) is 5.78. The van der Waals surface area contributed by atoms with Crippen LogP contribution >= 0.6 is 0 Å². The van der Waals surface area contributed by atoms with Gasteiger partial charge in [-0.2, -0.15) is 10.5 Å². The SMILES string of the molecule is CC(C)(C)c1ccc(C(=O)Nc2cccc(NC=C(C#N)C#N)c2)cc1. The molecule has 0 unspecified atom stereocenters. The molecule has 0 aliphatic heterocycles. The third-order valence-corrected chi connectivity index (χ3v) is 3.76. The van der Waals surface area contributed by atoms with E-state index >= 15 is 0 Å². The van der Waals surface area contributed by atoms with Crippen molar-refractivity contribution in [3.05, 3.63) is 71.4 Å². The van der Waals surface area contributed by atoms with Crippen LogP contribution in [0.25, 0.3) is 0 Å². The number of anilines is 2. The lowest BCUT2D eigenvalue weighted by Crippen LogP contribution is -2.14. The van der Waals surface area contributed by atoms with Crippen molar-refractivity contribution in [2.24, 2.45) is 0 Å². The summed E-state index contributed by atoms with van der Waals surface area (Å²) < 4.78 is 0. The molecule has 0 aliphatic rings. The number of nitriles is 2. The molecule has 2 rings (SSSR count). The molecular formula is C21H20N4O. The molecule has 0 spiro atoms. The van der Waals surface area contributed by atoms with Gasteiger partial charge in [-0.25, -0.2) is 0 Å². The molecule has 0 aliphatic carbocycles. The molecule has 0 bridgehead atoms. The molecule has 130 valence electrons. The second kappa shape index (κ2) is 8.00. The van der Waals surface area contributed by atoms with Gasteiger partial charge in [0, 0.05) is 23.1 Å². The summed E-state index contributed by atoms with van der Waals surface area (Å²) in [7, 11) is 0. The van der Waals surface area contributed by atoms with Gasteiger partial charge in [-0.15, -0.1) is 0 Å². The van der Waals surface area contributed by atoms with Gasteiger partial charge >= 0.3 is 0 Å². The molecule has 0 saturated carbocycles. The first-order chi connectivity index (χ1) is 12.3. The number of carbonyl (C=O) groups is 1. The van der Waals surface area contributed by atoms with Crippen LogP contribution in [-0.2, 0) is 5.41 Å². The standard InChI is InChI=1S/C21H20N4O/c1-21(2,3)17-9-7-16(8-10-17)20(26)25-19-6-4-5-18(11-19)24-14-15(12-22)13-23/h4-11,14,24H,1-3H3,(H,25,26). The number of amides is 1. The Bertz CT molecular complexity index is 891. The number of rotatable bonds is 4. The van der Waals surface area contributed by atoms with Gasteiger partial charge in [0.2, 0.25) is 0 Å². The van der Waals surface area contributed by atoms with Crippen molar-refractivity contribution >= 4 is 17.3 Å². The van der Waals surface area contributed by atoms with Crippen molar-refractivity contribution in [1.82, 2.24) is 0 Å². The number of allylic oxidation sites excluding steroid dienone is 1. The maximum absolute atomic E-state index is 12.4. The molecular weight excluding hydrogens is 324 g/mol. The van der Waals surface area contributed by atoms with Gasteiger partial charge in [0.1, 0.15) is 17.7 Å². The van der Waals surface area contributed by atoms with Crippen LogP contribution in [0.3, 0.4) is 0 Å². The number of hydrogen-bond donors (Lipinski definition) is 2. The highest BCUT2D eigenvalue weighted by atomic mass is 16.1. The summed E-state index contributed by atoms with van der Waals surface area (Å²) in [4.78, 5) is 12.4. The van der Waals surface area contributed by atoms with E-state index in [-0.39, 0.29) is 16.9 Å². The maximum Gasteiger partial charge on any atom is 0.255 e. The zero-order valence-electron chi connectivity index (χ0n) is 15.0. The van der Waals surface area contributed by atoms with Crippen LogP contribution < -0.4 is 10.6 Å². The summed E-state index contributed by atoms with van der Waals surface area (Å²) >= 11 is 0. The minimum absolute atomic E-state index is 0.0293. The van der Waals surface area contributed by atoms with Crippen molar-refractivity contribution in [2.75, 3.05) is 10.6 Å². The summed E-state index contributed by atoms with van der Waals surface area (Å²) in [5.74, 6) is -0.201. The first-order valence-electron chi connectivity index (χ1n) is 8.12. The van der Waals surface area contributed by atoms with Crippen LogP contribution in [0.15, 0.2) is 60.3 Å². The number of hydrogen-bond acceptors (Lipinski definition) is 4. The predicted octanol–water partition coefficient (Wildman–Crippen LogP) is 4.58. The molecule has 5 heteroatoms. The molecule has 0 atom stereocenters. The van der Waals surface area contributed by atoms with Crippen molar-refractivity contribution in [3.8, 4) is 12.1 Å². The molecule has 2 aromatic rings. The minimum atomic E-state index is -0.201. The van der Waals surface area contributed by atoms with Crippen LogP contribution in [0, 0.1) is 22.7 Å². The van der Waals surface area contributed by atoms with E-state index < -0.39 is 0 Å². The summed E-state index contributed by atoms with van der Waals surface area (Å²) in [6.07, 6.45) is 1.33. The van der Waals surface area contributed by atoms with Gasteiger partial charge in [-0.1, -0.05) is 39.0 Å². The van der Waals surface area contributed by atoms with E-state index in [1.165, 1.54) is 6.20 Å². The van der Waals surface area contributed by atoms with Gasteiger partial charge in [0.15, 0.2) is 0 Å². The number of nitrogens with one attached hydrogen (secondary N) is 2. The Labute approximate surface area is 153 Å². The number of nitrogens with zero attached hydrogens (tertiary/aromatic N) is 2. The highest BCUT2D eigenvalue weighted by Gasteiger charge is 2.14. The largest absolute Gasteiger partial charge is 0.360 e. The molecule has 2 aromatic carbocycles. The summed E-state index contributed by atoms with van der Waals surface area (Å²) in [6.45, 7) is 6.37. The molecule has 0 radical (unpaired) electrons. The van der Waals surface area contributed by atoms with Gasteiger partial charge in [-0.05, 0) is 41.3 Å². The lowest BCUT2D eigenvalue weighted by molar-refractivity contribution is 0.102. The predicted molar refractivity (Wildman–Crippen MR) is 102 cm³/mol. The maximum atomic E-state index is 12.4. The lowest BCUT2D eigenvalue weighted by Gasteiger charge is -2.19. The minimum Gasteiger partial charge on any atom is -0.360 e. The second-order valence-electron chi connectivity index (χ2n) is 6.79. The molecule has 1 amide bonds. The second-order valence-corrected chi connectivity index (χ2v) is 6.79. The third kappa shape index (κ3) is 4.96. The monoisotopic (exact) mass is 344 g/mol. The van der Waals surface area contributed by atoms with Gasteiger partial charge < -0.3 is 10.6 Å². The van der Waals surface area contributed by atoms with Crippen LogP contribution in [0.1, 0.15) is 36.7 Å². The first kappa shape index (κ1) is 18.8. The third-order valence-electron chi connectivity index (χ3n) is 3.76. The molecule has 5 nitrogen and oxygen atoms in total. The van der Waals surface area contributed by atoms with Crippen LogP contribution in [0.5, 0.6) is 0 Å². The van der Waals surface area contributed by atoms with Crippen LogP contribution in [0.2, 0.25) is 0 Å². The van der Waals surface area contributed by atoms with Crippen molar-refractivity contribution in [3.63, 3.8) is 0 Å². The van der Waals surface area contributed by atoms with E-state index in [1.807, 2.05) is 24.3 Å². The van der Waals surface area contributed by atoms with Gasteiger partial charge in [0.05, 0.1) is 0 Å². The Hall–Kier alpha value is -3.57. The Morgan fingerprint density at radius 2 is 1.62 bits per heavy atom. The van der Waals surface area contributed by atoms with Crippen molar-refractivity contribution in [1.29, 1.82) is 10.5 Å². The Balaban J connectivity index is 2.10. The normalized spacial score (nSPS) is 10.2. The molecule has 26 heavy (non-hydrogen) atoms. The lowest BCUT2D eigenvalue weighted by atomic mass is 9.87. The fourth-order valence-corrected chi connectivity index (χ4v) is 2.26. The van der Waals surface area contributed by atoms with E-state index in [4.69, 9.17) is 10.5 Å². The fourth-order valence-electron chi connectivity index (χ4n) is 2.26. The zero-order chi connectivity index (χ0) is 19.2.